The van der Waals surface area contributed by atoms with E-state index in [9.17, 15) is 9.59 Å². The molecule has 0 aliphatic carbocycles. The lowest BCUT2D eigenvalue weighted by molar-refractivity contribution is -0.120. The molecular formula is C19H18BrN3O2. The van der Waals surface area contributed by atoms with Crippen molar-refractivity contribution in [3.63, 3.8) is 0 Å². The Bertz CT molecular complexity index is 782. The van der Waals surface area contributed by atoms with Crippen LogP contribution >= 0.6 is 15.9 Å². The number of halogens is 1. The summed E-state index contributed by atoms with van der Waals surface area (Å²) in [6, 6.07) is 16.9. The normalized spacial score (nSPS) is 9.92. The number of aryl methyl sites for hydroxylation is 1. The third-order valence-electron chi connectivity index (χ3n) is 3.50. The van der Waals surface area contributed by atoms with Gasteiger partial charge in [0.1, 0.15) is 6.42 Å². The van der Waals surface area contributed by atoms with Crippen LogP contribution in [0.3, 0.4) is 0 Å². The molecule has 2 N–H and O–H groups in total. The third kappa shape index (κ3) is 6.77. The van der Waals surface area contributed by atoms with Crippen molar-refractivity contribution in [3.8, 4) is 6.07 Å². The molecule has 2 rings (SSSR count). The molecule has 0 saturated carbocycles. The van der Waals surface area contributed by atoms with Crippen LogP contribution in [0.2, 0.25) is 0 Å². The number of rotatable bonds is 7. The van der Waals surface area contributed by atoms with E-state index in [4.69, 9.17) is 5.26 Å². The SMILES string of the molecule is N#CCC(=O)NCc1ccc(NC(=O)CCc2cccc(Br)c2)cc1. The molecule has 2 aromatic rings. The number of nitrogens with zero attached hydrogens (tertiary/aromatic N) is 1. The average molecular weight is 400 g/mol. The number of benzene rings is 2. The van der Waals surface area contributed by atoms with Crippen molar-refractivity contribution in [2.75, 3.05) is 5.32 Å². The van der Waals surface area contributed by atoms with E-state index in [0.717, 1.165) is 15.6 Å². The largest absolute Gasteiger partial charge is 0.351 e. The molecular weight excluding hydrogens is 382 g/mol. The molecule has 0 spiro atoms. The molecule has 5 nitrogen and oxygen atoms in total. The highest BCUT2D eigenvalue weighted by atomic mass is 79.9. The highest BCUT2D eigenvalue weighted by molar-refractivity contribution is 9.10. The third-order valence-corrected chi connectivity index (χ3v) is 3.99. The van der Waals surface area contributed by atoms with Crippen molar-refractivity contribution >= 4 is 33.4 Å². The van der Waals surface area contributed by atoms with Crippen molar-refractivity contribution in [2.45, 2.75) is 25.8 Å². The summed E-state index contributed by atoms with van der Waals surface area (Å²) in [5.41, 5.74) is 2.72. The van der Waals surface area contributed by atoms with Gasteiger partial charge in [-0.1, -0.05) is 40.2 Å². The van der Waals surface area contributed by atoms with Gasteiger partial charge in [0, 0.05) is 23.1 Å². The van der Waals surface area contributed by atoms with Gasteiger partial charge in [-0.3, -0.25) is 9.59 Å². The van der Waals surface area contributed by atoms with E-state index in [-0.39, 0.29) is 18.2 Å². The molecule has 0 aliphatic heterocycles. The number of hydrogen-bond donors (Lipinski definition) is 2. The quantitative estimate of drug-likeness (QED) is 0.746. The molecule has 0 heterocycles. The van der Waals surface area contributed by atoms with E-state index < -0.39 is 0 Å². The summed E-state index contributed by atoms with van der Waals surface area (Å²) in [5, 5.41) is 13.9. The molecule has 0 saturated heterocycles. The minimum Gasteiger partial charge on any atom is -0.351 e. The Morgan fingerprint density at radius 1 is 1.04 bits per heavy atom. The Hall–Kier alpha value is -2.65. The Kier molecular flexibility index (Phi) is 7.17. The highest BCUT2D eigenvalue weighted by Crippen LogP contribution is 2.14. The van der Waals surface area contributed by atoms with Gasteiger partial charge in [-0.25, -0.2) is 0 Å². The molecule has 6 heteroatoms. The van der Waals surface area contributed by atoms with Gasteiger partial charge in [-0.05, 0) is 41.8 Å². The van der Waals surface area contributed by atoms with Gasteiger partial charge in [0.05, 0.1) is 6.07 Å². The van der Waals surface area contributed by atoms with Crippen LogP contribution in [-0.4, -0.2) is 11.8 Å². The highest BCUT2D eigenvalue weighted by Gasteiger charge is 2.05. The van der Waals surface area contributed by atoms with Crippen molar-refractivity contribution in [1.82, 2.24) is 5.32 Å². The maximum absolute atomic E-state index is 12.0. The number of carbonyl (C=O) groups is 2. The van der Waals surface area contributed by atoms with Gasteiger partial charge >= 0.3 is 0 Å². The van der Waals surface area contributed by atoms with E-state index in [2.05, 4.69) is 26.6 Å². The fraction of sp³-hybridized carbons (Fsp3) is 0.211. The molecule has 128 valence electrons. The number of hydrogen-bond acceptors (Lipinski definition) is 3. The minimum atomic E-state index is -0.299. The molecule has 0 fully saturated rings. The predicted octanol–water partition coefficient (Wildman–Crippen LogP) is 3.55. The van der Waals surface area contributed by atoms with Crippen LogP contribution < -0.4 is 10.6 Å². The second-order valence-corrected chi connectivity index (χ2v) is 6.40. The minimum absolute atomic E-state index is 0.0463. The number of carbonyl (C=O) groups excluding carboxylic acids is 2. The summed E-state index contributed by atoms with van der Waals surface area (Å²) < 4.78 is 1.00. The molecule has 0 atom stereocenters. The van der Waals surface area contributed by atoms with Crippen LogP contribution in [0.15, 0.2) is 53.0 Å². The first kappa shape index (κ1) is 18.7. The lowest BCUT2D eigenvalue weighted by Gasteiger charge is -2.07. The van der Waals surface area contributed by atoms with Crippen LogP contribution in [0.4, 0.5) is 5.69 Å². The van der Waals surface area contributed by atoms with Crippen LogP contribution in [0.1, 0.15) is 24.0 Å². The maximum atomic E-state index is 12.0. The van der Waals surface area contributed by atoms with Gasteiger partial charge in [-0.15, -0.1) is 0 Å². The lowest BCUT2D eigenvalue weighted by Crippen LogP contribution is -2.21. The van der Waals surface area contributed by atoms with E-state index in [1.165, 1.54) is 0 Å². The first-order valence-corrected chi connectivity index (χ1v) is 8.63. The summed E-state index contributed by atoms with van der Waals surface area (Å²) in [6.07, 6.45) is 0.933. The zero-order valence-electron chi connectivity index (χ0n) is 13.6. The molecule has 25 heavy (non-hydrogen) atoms. The summed E-state index contributed by atoms with van der Waals surface area (Å²) in [7, 11) is 0. The molecule has 0 unspecified atom stereocenters. The van der Waals surface area contributed by atoms with Gasteiger partial charge in [0.25, 0.3) is 0 Å². The second-order valence-electron chi connectivity index (χ2n) is 5.49. The molecule has 0 aromatic heterocycles. The first-order chi connectivity index (χ1) is 12.1. The number of nitriles is 1. The lowest BCUT2D eigenvalue weighted by atomic mass is 10.1. The predicted molar refractivity (Wildman–Crippen MR) is 99.6 cm³/mol. The van der Waals surface area contributed by atoms with Crippen molar-refractivity contribution < 1.29 is 9.59 Å². The number of amides is 2. The molecule has 2 amide bonds. The standard InChI is InChI=1S/C19H18BrN3O2/c20-16-3-1-2-14(12-16)6-9-19(25)23-17-7-4-15(5-8-17)13-22-18(24)10-11-21/h1-5,7-8,12H,6,9-10,13H2,(H,22,24)(H,23,25). The fourth-order valence-electron chi connectivity index (χ4n) is 2.21. The first-order valence-electron chi connectivity index (χ1n) is 7.83. The monoisotopic (exact) mass is 399 g/mol. The second kappa shape index (κ2) is 9.60. The van der Waals surface area contributed by atoms with E-state index >= 15 is 0 Å². The Balaban J connectivity index is 1.79. The zero-order chi connectivity index (χ0) is 18.1. The van der Waals surface area contributed by atoms with Gasteiger partial charge in [0.2, 0.25) is 11.8 Å². The zero-order valence-corrected chi connectivity index (χ0v) is 15.2. The summed E-state index contributed by atoms with van der Waals surface area (Å²) in [5.74, 6) is -0.345. The van der Waals surface area contributed by atoms with Crippen LogP contribution in [0, 0.1) is 11.3 Å². The van der Waals surface area contributed by atoms with Gasteiger partial charge in [-0.2, -0.15) is 5.26 Å². The topological polar surface area (TPSA) is 82.0 Å². The van der Waals surface area contributed by atoms with E-state index in [0.29, 0.717) is 25.1 Å². The summed E-state index contributed by atoms with van der Waals surface area (Å²) in [6.45, 7) is 0.359. The molecule has 0 bridgehead atoms. The molecule has 2 aromatic carbocycles. The van der Waals surface area contributed by atoms with Gasteiger partial charge < -0.3 is 10.6 Å². The molecule has 0 aliphatic rings. The fourth-order valence-corrected chi connectivity index (χ4v) is 2.66. The Morgan fingerprint density at radius 3 is 2.48 bits per heavy atom. The Morgan fingerprint density at radius 2 is 1.80 bits per heavy atom. The van der Waals surface area contributed by atoms with Crippen LogP contribution in [0.5, 0.6) is 0 Å². The van der Waals surface area contributed by atoms with Crippen LogP contribution in [0.25, 0.3) is 0 Å². The number of anilines is 1. The summed E-state index contributed by atoms with van der Waals surface area (Å²) >= 11 is 3.42. The maximum Gasteiger partial charge on any atom is 0.234 e. The van der Waals surface area contributed by atoms with Crippen molar-refractivity contribution in [3.05, 3.63) is 64.1 Å². The average Bonchev–Trinajstić information content (AvgIpc) is 2.60. The Labute approximate surface area is 155 Å². The summed E-state index contributed by atoms with van der Waals surface area (Å²) in [4.78, 5) is 23.3. The van der Waals surface area contributed by atoms with Crippen molar-refractivity contribution in [2.24, 2.45) is 0 Å². The number of nitrogens with one attached hydrogen (secondary N) is 2. The van der Waals surface area contributed by atoms with Crippen molar-refractivity contribution in [1.29, 1.82) is 5.26 Å². The smallest absolute Gasteiger partial charge is 0.234 e. The van der Waals surface area contributed by atoms with E-state index in [1.54, 1.807) is 18.2 Å². The molecule has 0 radical (unpaired) electrons. The van der Waals surface area contributed by atoms with E-state index in [1.807, 2.05) is 36.4 Å². The van der Waals surface area contributed by atoms with Gasteiger partial charge in [0.15, 0.2) is 0 Å². The van der Waals surface area contributed by atoms with Crippen LogP contribution in [-0.2, 0) is 22.6 Å².